The SMILES string of the molecule is C[C@H](NC(=O)C1CCC(C(=O)O)O1)c1cccc(F)c1. The van der Waals surface area contributed by atoms with E-state index in [2.05, 4.69) is 5.32 Å². The van der Waals surface area contributed by atoms with Crippen LogP contribution in [0.2, 0.25) is 0 Å². The van der Waals surface area contributed by atoms with Crippen molar-refractivity contribution in [3.05, 3.63) is 35.6 Å². The Morgan fingerprint density at radius 2 is 2.10 bits per heavy atom. The van der Waals surface area contributed by atoms with Crippen LogP contribution in [0.25, 0.3) is 0 Å². The molecule has 1 heterocycles. The lowest BCUT2D eigenvalue weighted by Crippen LogP contribution is -2.37. The number of ether oxygens (including phenoxy) is 1. The number of hydrogen-bond donors (Lipinski definition) is 2. The van der Waals surface area contributed by atoms with Crippen LogP contribution in [0.4, 0.5) is 4.39 Å². The molecule has 1 amide bonds. The lowest BCUT2D eigenvalue weighted by Gasteiger charge is -2.17. The van der Waals surface area contributed by atoms with E-state index in [1.807, 2.05) is 0 Å². The van der Waals surface area contributed by atoms with Crippen molar-refractivity contribution in [2.75, 3.05) is 0 Å². The van der Waals surface area contributed by atoms with Gasteiger partial charge in [-0.2, -0.15) is 0 Å². The molecule has 2 rings (SSSR count). The predicted octanol–water partition coefficient (Wildman–Crippen LogP) is 1.64. The maximum absolute atomic E-state index is 13.1. The number of carboxylic acids is 1. The maximum atomic E-state index is 13.1. The molecule has 0 radical (unpaired) electrons. The summed E-state index contributed by atoms with van der Waals surface area (Å²) in [5.41, 5.74) is 0.645. The lowest BCUT2D eigenvalue weighted by atomic mass is 10.1. The molecule has 1 saturated heterocycles. The van der Waals surface area contributed by atoms with E-state index >= 15 is 0 Å². The highest BCUT2D eigenvalue weighted by Crippen LogP contribution is 2.21. The van der Waals surface area contributed by atoms with Crippen LogP contribution in [0.3, 0.4) is 0 Å². The van der Waals surface area contributed by atoms with Crippen LogP contribution >= 0.6 is 0 Å². The average molecular weight is 281 g/mol. The molecule has 0 saturated carbocycles. The quantitative estimate of drug-likeness (QED) is 0.879. The Bertz CT molecular complexity index is 520. The highest BCUT2D eigenvalue weighted by atomic mass is 19.1. The van der Waals surface area contributed by atoms with Crippen molar-refractivity contribution in [1.82, 2.24) is 5.32 Å². The number of benzene rings is 1. The van der Waals surface area contributed by atoms with Crippen molar-refractivity contribution in [3.8, 4) is 0 Å². The topological polar surface area (TPSA) is 75.6 Å². The fourth-order valence-corrected chi connectivity index (χ4v) is 2.18. The summed E-state index contributed by atoms with van der Waals surface area (Å²) in [5, 5.41) is 11.5. The van der Waals surface area contributed by atoms with Crippen molar-refractivity contribution >= 4 is 11.9 Å². The minimum atomic E-state index is -1.06. The number of amides is 1. The Hall–Kier alpha value is -1.95. The standard InChI is InChI=1S/C14H16FNO4/c1-8(9-3-2-4-10(15)7-9)16-13(17)11-5-6-12(20-11)14(18)19/h2-4,7-8,11-12H,5-6H2,1H3,(H,16,17)(H,18,19)/t8-,11?,12?/m0/s1. The summed E-state index contributed by atoms with van der Waals surface area (Å²) in [6.45, 7) is 1.73. The largest absolute Gasteiger partial charge is 0.479 e. The van der Waals surface area contributed by atoms with Crippen LogP contribution < -0.4 is 5.32 Å². The van der Waals surface area contributed by atoms with E-state index < -0.39 is 18.2 Å². The summed E-state index contributed by atoms with van der Waals surface area (Å²) in [4.78, 5) is 22.7. The van der Waals surface area contributed by atoms with E-state index in [4.69, 9.17) is 9.84 Å². The zero-order valence-corrected chi connectivity index (χ0v) is 11.0. The molecule has 0 bridgehead atoms. The molecular weight excluding hydrogens is 265 g/mol. The van der Waals surface area contributed by atoms with E-state index in [1.54, 1.807) is 19.1 Å². The molecule has 1 aromatic carbocycles. The number of carbonyl (C=O) groups is 2. The number of aliphatic carboxylic acids is 1. The zero-order chi connectivity index (χ0) is 14.7. The van der Waals surface area contributed by atoms with E-state index in [-0.39, 0.29) is 17.8 Å². The van der Waals surface area contributed by atoms with Gasteiger partial charge in [0.2, 0.25) is 5.91 Å². The van der Waals surface area contributed by atoms with E-state index in [1.165, 1.54) is 12.1 Å². The van der Waals surface area contributed by atoms with Crippen LogP contribution in [0.15, 0.2) is 24.3 Å². The normalized spacial score (nSPS) is 23.3. The van der Waals surface area contributed by atoms with Gasteiger partial charge in [-0.15, -0.1) is 0 Å². The molecule has 1 aromatic rings. The van der Waals surface area contributed by atoms with Gasteiger partial charge in [0.15, 0.2) is 6.10 Å². The molecule has 108 valence electrons. The first-order chi connectivity index (χ1) is 9.47. The van der Waals surface area contributed by atoms with Crippen molar-refractivity contribution in [1.29, 1.82) is 0 Å². The molecule has 5 nitrogen and oxygen atoms in total. The van der Waals surface area contributed by atoms with E-state index in [0.717, 1.165) is 0 Å². The van der Waals surface area contributed by atoms with Crippen LogP contribution in [0, 0.1) is 5.82 Å². The van der Waals surface area contributed by atoms with Crippen molar-refractivity contribution < 1.29 is 23.8 Å². The Labute approximate surface area is 115 Å². The first-order valence-electron chi connectivity index (χ1n) is 6.41. The van der Waals surface area contributed by atoms with Gasteiger partial charge in [0.1, 0.15) is 11.9 Å². The number of rotatable bonds is 4. The highest BCUT2D eigenvalue weighted by molar-refractivity contribution is 5.82. The molecule has 0 aromatic heterocycles. The molecule has 20 heavy (non-hydrogen) atoms. The average Bonchev–Trinajstić information content (AvgIpc) is 2.88. The number of halogens is 1. The Morgan fingerprint density at radius 3 is 2.70 bits per heavy atom. The third-order valence-electron chi connectivity index (χ3n) is 3.29. The second-order valence-corrected chi connectivity index (χ2v) is 4.81. The summed E-state index contributed by atoms with van der Waals surface area (Å²) >= 11 is 0. The first-order valence-corrected chi connectivity index (χ1v) is 6.41. The van der Waals surface area contributed by atoms with Crippen LogP contribution in [0.1, 0.15) is 31.4 Å². The summed E-state index contributed by atoms with van der Waals surface area (Å²) in [6, 6.07) is 5.59. The van der Waals surface area contributed by atoms with Gasteiger partial charge in [-0.1, -0.05) is 12.1 Å². The lowest BCUT2D eigenvalue weighted by molar-refractivity contribution is -0.151. The van der Waals surface area contributed by atoms with Crippen molar-refractivity contribution in [3.63, 3.8) is 0 Å². The summed E-state index contributed by atoms with van der Waals surface area (Å²) in [6.07, 6.45) is -0.984. The zero-order valence-electron chi connectivity index (χ0n) is 11.0. The van der Waals surface area contributed by atoms with Gasteiger partial charge in [-0.3, -0.25) is 4.79 Å². The smallest absolute Gasteiger partial charge is 0.332 e. The molecule has 1 fully saturated rings. The summed E-state index contributed by atoms with van der Waals surface area (Å²) in [7, 11) is 0. The Kier molecular flexibility index (Phi) is 4.34. The Morgan fingerprint density at radius 1 is 1.40 bits per heavy atom. The minimum Gasteiger partial charge on any atom is -0.479 e. The van der Waals surface area contributed by atoms with Gasteiger partial charge in [0.25, 0.3) is 0 Å². The third-order valence-corrected chi connectivity index (χ3v) is 3.29. The summed E-state index contributed by atoms with van der Waals surface area (Å²) < 4.78 is 18.3. The number of hydrogen-bond acceptors (Lipinski definition) is 3. The predicted molar refractivity (Wildman–Crippen MR) is 68.5 cm³/mol. The van der Waals surface area contributed by atoms with Gasteiger partial charge in [0.05, 0.1) is 6.04 Å². The highest BCUT2D eigenvalue weighted by Gasteiger charge is 2.35. The van der Waals surface area contributed by atoms with Gasteiger partial charge in [-0.05, 0) is 37.5 Å². The monoisotopic (exact) mass is 281 g/mol. The number of nitrogens with one attached hydrogen (secondary N) is 1. The van der Waals surface area contributed by atoms with E-state index in [9.17, 15) is 14.0 Å². The van der Waals surface area contributed by atoms with Gasteiger partial charge < -0.3 is 15.2 Å². The van der Waals surface area contributed by atoms with Gasteiger partial charge >= 0.3 is 5.97 Å². The number of carboxylic acid groups (broad SMARTS) is 1. The van der Waals surface area contributed by atoms with Crippen LogP contribution in [0.5, 0.6) is 0 Å². The molecule has 2 unspecified atom stereocenters. The molecule has 1 aliphatic heterocycles. The molecular formula is C14H16FNO4. The molecule has 2 N–H and O–H groups in total. The Balaban J connectivity index is 1.93. The molecule has 1 aliphatic rings. The fraction of sp³-hybridized carbons (Fsp3) is 0.429. The van der Waals surface area contributed by atoms with Crippen LogP contribution in [-0.2, 0) is 14.3 Å². The number of carbonyl (C=O) groups excluding carboxylic acids is 1. The summed E-state index contributed by atoms with van der Waals surface area (Å²) in [5.74, 6) is -1.80. The molecule has 6 heteroatoms. The molecule has 0 spiro atoms. The second-order valence-electron chi connectivity index (χ2n) is 4.81. The van der Waals surface area contributed by atoms with Crippen molar-refractivity contribution in [2.24, 2.45) is 0 Å². The third kappa shape index (κ3) is 3.33. The minimum absolute atomic E-state index is 0.321. The maximum Gasteiger partial charge on any atom is 0.332 e. The van der Waals surface area contributed by atoms with Gasteiger partial charge in [-0.25, -0.2) is 9.18 Å². The van der Waals surface area contributed by atoms with E-state index in [0.29, 0.717) is 18.4 Å². The molecule has 3 atom stereocenters. The molecule has 0 aliphatic carbocycles. The van der Waals surface area contributed by atoms with Crippen LogP contribution in [-0.4, -0.2) is 29.2 Å². The second kappa shape index (κ2) is 6.00. The fourth-order valence-electron chi connectivity index (χ4n) is 2.18. The van der Waals surface area contributed by atoms with Crippen molar-refractivity contribution in [2.45, 2.75) is 38.0 Å². The van der Waals surface area contributed by atoms with Gasteiger partial charge in [0, 0.05) is 0 Å². The first kappa shape index (κ1) is 14.5.